The van der Waals surface area contributed by atoms with Crippen LogP contribution in [0.1, 0.15) is 52.0 Å². The van der Waals surface area contributed by atoms with Crippen LogP contribution in [-0.2, 0) is 16.1 Å². The van der Waals surface area contributed by atoms with Crippen LogP contribution >= 0.6 is 0 Å². The van der Waals surface area contributed by atoms with E-state index in [1.807, 2.05) is 28.1 Å². The highest BCUT2D eigenvalue weighted by atomic mass is 16.5. The van der Waals surface area contributed by atoms with Gasteiger partial charge in [0.2, 0.25) is 5.91 Å². The van der Waals surface area contributed by atoms with Crippen LogP contribution in [0.15, 0.2) is 24.5 Å². The van der Waals surface area contributed by atoms with Gasteiger partial charge in [0, 0.05) is 57.6 Å². The number of ether oxygens (including phenoxy) is 1. The van der Waals surface area contributed by atoms with Crippen molar-refractivity contribution in [1.29, 1.82) is 0 Å². The smallest absolute Gasteiger partial charge is 0.321 e. The number of aromatic nitrogens is 1. The minimum atomic E-state index is -0.235. The molecule has 1 spiro atoms. The molecule has 3 aliphatic rings. The Morgan fingerprint density at radius 2 is 2.07 bits per heavy atom. The third-order valence-corrected chi connectivity index (χ3v) is 6.52. The van der Waals surface area contributed by atoms with Crippen LogP contribution in [0, 0.1) is 5.41 Å². The van der Waals surface area contributed by atoms with Gasteiger partial charge in [-0.15, -0.1) is 0 Å². The summed E-state index contributed by atoms with van der Waals surface area (Å²) >= 11 is 0. The summed E-state index contributed by atoms with van der Waals surface area (Å²) in [7, 11) is 0. The Hall–Kier alpha value is -2.15. The number of amides is 3. The molecule has 7 nitrogen and oxygen atoms in total. The zero-order valence-corrected chi connectivity index (χ0v) is 18.5. The lowest BCUT2D eigenvalue weighted by molar-refractivity contribution is -0.134. The van der Waals surface area contributed by atoms with Crippen molar-refractivity contribution in [3.63, 3.8) is 0 Å². The Bertz CT molecular complexity index is 762. The Morgan fingerprint density at radius 1 is 1.30 bits per heavy atom. The summed E-state index contributed by atoms with van der Waals surface area (Å²) in [6.07, 6.45) is 6.70. The molecular formula is C23H34N4O3. The number of urea groups is 1. The van der Waals surface area contributed by atoms with Crippen molar-refractivity contribution >= 4 is 11.9 Å². The van der Waals surface area contributed by atoms with E-state index in [0.717, 1.165) is 37.9 Å². The maximum atomic E-state index is 13.5. The molecule has 30 heavy (non-hydrogen) atoms. The van der Waals surface area contributed by atoms with Crippen LogP contribution in [0.4, 0.5) is 4.79 Å². The number of piperidine rings is 1. The standard InChI is InChI=1S/C23H34N4O3/c1-22(2,3)13-20(28)25-10-6-19(7-11-25)27-21(29)26(15-18-5-4-9-24-14-18)16-23(27)8-12-30-17-23/h4-5,9,14,19H,6-8,10-13,15-17H2,1-3H3. The normalized spacial score (nSPS) is 25.6. The molecule has 4 rings (SSSR count). The van der Waals surface area contributed by atoms with Crippen molar-refractivity contribution in [2.75, 3.05) is 32.8 Å². The van der Waals surface area contributed by atoms with Gasteiger partial charge in [-0.3, -0.25) is 9.78 Å². The summed E-state index contributed by atoms with van der Waals surface area (Å²) in [4.78, 5) is 36.3. The second-order valence-electron chi connectivity index (χ2n) is 10.2. The van der Waals surface area contributed by atoms with E-state index in [-0.39, 0.29) is 28.9 Å². The van der Waals surface area contributed by atoms with Crippen molar-refractivity contribution in [2.45, 2.75) is 64.6 Å². The van der Waals surface area contributed by atoms with Crippen LogP contribution in [0.5, 0.6) is 0 Å². The van der Waals surface area contributed by atoms with Crippen molar-refractivity contribution in [2.24, 2.45) is 5.41 Å². The van der Waals surface area contributed by atoms with Gasteiger partial charge < -0.3 is 19.4 Å². The minimum absolute atomic E-state index is 0.00308. The van der Waals surface area contributed by atoms with Gasteiger partial charge >= 0.3 is 6.03 Å². The quantitative estimate of drug-likeness (QED) is 0.760. The number of likely N-dealkylation sites (tertiary alicyclic amines) is 1. The summed E-state index contributed by atoms with van der Waals surface area (Å²) in [6, 6.07) is 4.19. The second-order valence-corrected chi connectivity index (χ2v) is 10.2. The van der Waals surface area contributed by atoms with Crippen LogP contribution in [0.25, 0.3) is 0 Å². The lowest BCUT2D eigenvalue weighted by Crippen LogP contribution is -2.56. The molecule has 0 radical (unpaired) electrons. The largest absolute Gasteiger partial charge is 0.379 e. The maximum absolute atomic E-state index is 13.5. The molecule has 0 aliphatic carbocycles. The molecule has 0 saturated carbocycles. The molecule has 0 N–H and O–H groups in total. The topological polar surface area (TPSA) is 66.0 Å². The Labute approximate surface area is 179 Å². The summed E-state index contributed by atoms with van der Waals surface area (Å²) in [5.41, 5.74) is 0.808. The number of carbonyl (C=O) groups excluding carboxylic acids is 2. The van der Waals surface area contributed by atoms with Crippen molar-refractivity contribution in [3.05, 3.63) is 30.1 Å². The SMILES string of the molecule is CC(C)(C)CC(=O)N1CCC(N2C(=O)N(Cc3cccnc3)CC23CCOC3)CC1. The summed E-state index contributed by atoms with van der Waals surface area (Å²) < 4.78 is 5.77. The van der Waals surface area contributed by atoms with Gasteiger partial charge in [-0.1, -0.05) is 26.8 Å². The van der Waals surface area contributed by atoms with Crippen LogP contribution in [-0.4, -0.2) is 76.1 Å². The van der Waals surface area contributed by atoms with Crippen molar-refractivity contribution in [1.82, 2.24) is 19.7 Å². The van der Waals surface area contributed by atoms with E-state index in [1.165, 1.54) is 0 Å². The van der Waals surface area contributed by atoms with Gasteiger partial charge in [-0.25, -0.2) is 4.79 Å². The van der Waals surface area contributed by atoms with Crippen LogP contribution < -0.4 is 0 Å². The van der Waals surface area contributed by atoms with Gasteiger partial charge in [0.15, 0.2) is 0 Å². The molecule has 3 amide bonds. The average molecular weight is 415 g/mol. The predicted octanol–water partition coefficient (Wildman–Crippen LogP) is 2.91. The molecule has 1 aromatic rings. The van der Waals surface area contributed by atoms with E-state index in [1.54, 1.807) is 6.20 Å². The van der Waals surface area contributed by atoms with Gasteiger partial charge in [-0.2, -0.15) is 0 Å². The number of pyridine rings is 1. The third-order valence-electron chi connectivity index (χ3n) is 6.52. The lowest BCUT2D eigenvalue weighted by atomic mass is 9.90. The third kappa shape index (κ3) is 4.31. The summed E-state index contributed by atoms with van der Waals surface area (Å²) in [5.74, 6) is 0.228. The first kappa shape index (κ1) is 21.1. The molecule has 3 saturated heterocycles. The molecule has 4 heterocycles. The van der Waals surface area contributed by atoms with Gasteiger partial charge in [0.25, 0.3) is 0 Å². The number of hydrogen-bond donors (Lipinski definition) is 0. The molecule has 3 fully saturated rings. The first-order valence-corrected chi connectivity index (χ1v) is 11.1. The molecule has 7 heteroatoms. The van der Waals surface area contributed by atoms with Gasteiger partial charge in [0.1, 0.15) is 0 Å². The molecule has 0 bridgehead atoms. The zero-order valence-electron chi connectivity index (χ0n) is 18.5. The average Bonchev–Trinajstić information content (AvgIpc) is 3.26. The van der Waals surface area contributed by atoms with Crippen LogP contribution in [0.2, 0.25) is 0 Å². The summed E-state index contributed by atoms with van der Waals surface area (Å²) in [6.45, 7) is 10.3. The Balaban J connectivity index is 1.44. The molecule has 1 atom stereocenters. The highest BCUT2D eigenvalue weighted by Gasteiger charge is 2.54. The fraction of sp³-hybridized carbons (Fsp3) is 0.696. The van der Waals surface area contributed by atoms with Crippen molar-refractivity contribution < 1.29 is 14.3 Å². The first-order chi connectivity index (χ1) is 14.3. The van der Waals surface area contributed by atoms with E-state index < -0.39 is 0 Å². The number of rotatable bonds is 4. The molecule has 1 unspecified atom stereocenters. The highest BCUT2D eigenvalue weighted by molar-refractivity contribution is 5.79. The number of carbonyl (C=O) groups is 2. The fourth-order valence-corrected chi connectivity index (χ4v) is 5.08. The molecule has 3 aliphatic heterocycles. The Kier molecular flexibility index (Phi) is 5.75. The Morgan fingerprint density at radius 3 is 2.67 bits per heavy atom. The number of nitrogens with zero attached hydrogens (tertiary/aromatic N) is 4. The monoisotopic (exact) mass is 414 g/mol. The van der Waals surface area contributed by atoms with Gasteiger partial charge in [0.05, 0.1) is 12.1 Å². The van der Waals surface area contributed by atoms with Crippen LogP contribution in [0.3, 0.4) is 0 Å². The van der Waals surface area contributed by atoms with E-state index >= 15 is 0 Å². The van der Waals surface area contributed by atoms with Gasteiger partial charge in [-0.05, 0) is 36.3 Å². The first-order valence-electron chi connectivity index (χ1n) is 11.1. The number of hydrogen-bond acceptors (Lipinski definition) is 4. The van der Waals surface area contributed by atoms with Crippen molar-refractivity contribution in [3.8, 4) is 0 Å². The second kappa shape index (κ2) is 8.17. The highest BCUT2D eigenvalue weighted by Crippen LogP contribution is 2.39. The van der Waals surface area contributed by atoms with E-state index in [4.69, 9.17) is 4.74 Å². The van der Waals surface area contributed by atoms with E-state index in [0.29, 0.717) is 32.7 Å². The lowest BCUT2D eigenvalue weighted by Gasteiger charge is -2.42. The van der Waals surface area contributed by atoms with E-state index in [2.05, 4.69) is 30.7 Å². The predicted molar refractivity (Wildman–Crippen MR) is 114 cm³/mol. The zero-order chi connectivity index (χ0) is 21.4. The molecular weight excluding hydrogens is 380 g/mol. The summed E-state index contributed by atoms with van der Waals surface area (Å²) in [5, 5.41) is 0. The molecule has 0 aromatic carbocycles. The maximum Gasteiger partial charge on any atom is 0.321 e. The molecule has 1 aromatic heterocycles. The van der Waals surface area contributed by atoms with E-state index in [9.17, 15) is 9.59 Å². The molecule has 164 valence electrons. The fourth-order valence-electron chi connectivity index (χ4n) is 5.08. The minimum Gasteiger partial charge on any atom is -0.379 e.